The summed E-state index contributed by atoms with van der Waals surface area (Å²) in [5, 5.41) is 0. The molecule has 3 heteroatoms. The third kappa shape index (κ3) is 2.84. The molecule has 3 rings (SSSR count). The van der Waals surface area contributed by atoms with Gasteiger partial charge in [0.05, 0.1) is 17.6 Å². The highest BCUT2D eigenvalue weighted by atomic mass is 16.5. The average molecular weight is 294 g/mol. The lowest BCUT2D eigenvalue weighted by Gasteiger charge is -2.12. The van der Waals surface area contributed by atoms with E-state index in [2.05, 4.69) is 61.7 Å². The third-order valence-corrected chi connectivity index (χ3v) is 3.95. The Morgan fingerprint density at radius 3 is 2.68 bits per heavy atom. The first-order valence-corrected chi connectivity index (χ1v) is 7.83. The highest BCUT2D eigenvalue weighted by molar-refractivity contribution is 5.75. The number of aryl methyl sites for hydroxylation is 3. The molecular formula is C19H22N2O. The van der Waals surface area contributed by atoms with Crippen LogP contribution in [0.2, 0.25) is 0 Å². The minimum Gasteiger partial charge on any atom is -0.491 e. The number of hydrogen-bond donors (Lipinski definition) is 0. The van der Waals surface area contributed by atoms with E-state index in [0.29, 0.717) is 6.61 Å². The smallest absolute Gasteiger partial charge is 0.122 e. The molecule has 3 aromatic rings. The van der Waals surface area contributed by atoms with Gasteiger partial charge in [-0.05, 0) is 37.6 Å². The molecule has 0 unspecified atom stereocenters. The molecule has 22 heavy (non-hydrogen) atoms. The van der Waals surface area contributed by atoms with E-state index in [1.807, 2.05) is 6.07 Å². The molecule has 2 aromatic carbocycles. The number of rotatable bonds is 5. The van der Waals surface area contributed by atoms with Crippen molar-refractivity contribution in [3.05, 3.63) is 59.4 Å². The summed E-state index contributed by atoms with van der Waals surface area (Å²) in [5.74, 6) is 2.08. The van der Waals surface area contributed by atoms with Gasteiger partial charge in [-0.1, -0.05) is 36.8 Å². The summed E-state index contributed by atoms with van der Waals surface area (Å²) in [6, 6.07) is 14.6. The summed E-state index contributed by atoms with van der Waals surface area (Å²) in [7, 11) is 0. The zero-order valence-corrected chi connectivity index (χ0v) is 13.5. The number of ether oxygens (including phenoxy) is 1. The van der Waals surface area contributed by atoms with Gasteiger partial charge in [0, 0.05) is 6.42 Å². The molecular weight excluding hydrogens is 272 g/mol. The fraction of sp³-hybridized carbons (Fsp3) is 0.316. The molecule has 0 fully saturated rings. The SMILES string of the molecule is CCc1nc2ccccc2n1CCOc1ccc(C)cc1C. The van der Waals surface area contributed by atoms with Crippen LogP contribution in [0.25, 0.3) is 11.0 Å². The highest BCUT2D eigenvalue weighted by Crippen LogP contribution is 2.20. The minimum atomic E-state index is 0.650. The Hall–Kier alpha value is -2.29. The lowest BCUT2D eigenvalue weighted by atomic mass is 10.1. The molecule has 0 radical (unpaired) electrons. The van der Waals surface area contributed by atoms with Gasteiger partial charge in [0.25, 0.3) is 0 Å². The summed E-state index contributed by atoms with van der Waals surface area (Å²) in [6.07, 6.45) is 0.929. The summed E-state index contributed by atoms with van der Waals surface area (Å²) < 4.78 is 8.23. The Labute approximate surface area is 131 Å². The van der Waals surface area contributed by atoms with Gasteiger partial charge < -0.3 is 9.30 Å². The van der Waals surface area contributed by atoms with Crippen LogP contribution in [0.4, 0.5) is 0 Å². The van der Waals surface area contributed by atoms with Crippen molar-refractivity contribution in [2.45, 2.75) is 33.7 Å². The van der Waals surface area contributed by atoms with Gasteiger partial charge >= 0.3 is 0 Å². The number of aromatic nitrogens is 2. The maximum absolute atomic E-state index is 5.96. The van der Waals surface area contributed by atoms with Gasteiger partial charge in [0.1, 0.15) is 18.2 Å². The standard InChI is InChI=1S/C19H22N2O/c1-4-19-20-16-7-5-6-8-17(16)21(19)11-12-22-18-10-9-14(2)13-15(18)3/h5-10,13H,4,11-12H2,1-3H3. The van der Waals surface area contributed by atoms with Crippen LogP contribution in [-0.2, 0) is 13.0 Å². The Kier molecular flexibility index (Phi) is 4.14. The van der Waals surface area contributed by atoms with Crippen molar-refractivity contribution in [1.29, 1.82) is 0 Å². The van der Waals surface area contributed by atoms with Crippen LogP contribution < -0.4 is 4.74 Å². The zero-order chi connectivity index (χ0) is 15.5. The van der Waals surface area contributed by atoms with Crippen molar-refractivity contribution in [3.63, 3.8) is 0 Å². The van der Waals surface area contributed by atoms with Crippen LogP contribution in [0.1, 0.15) is 23.9 Å². The molecule has 0 aliphatic heterocycles. The molecule has 0 N–H and O–H groups in total. The molecule has 0 saturated heterocycles. The predicted molar refractivity (Wildman–Crippen MR) is 90.5 cm³/mol. The third-order valence-electron chi connectivity index (χ3n) is 3.95. The number of benzene rings is 2. The summed E-state index contributed by atoms with van der Waals surface area (Å²) in [5.41, 5.74) is 4.69. The van der Waals surface area contributed by atoms with Crippen molar-refractivity contribution in [3.8, 4) is 5.75 Å². The molecule has 0 spiro atoms. The Bertz CT molecular complexity index is 789. The minimum absolute atomic E-state index is 0.650. The van der Waals surface area contributed by atoms with Gasteiger partial charge in [0.2, 0.25) is 0 Å². The molecule has 0 bridgehead atoms. The molecule has 0 saturated carbocycles. The molecule has 1 aromatic heterocycles. The monoisotopic (exact) mass is 294 g/mol. The van der Waals surface area contributed by atoms with E-state index >= 15 is 0 Å². The number of para-hydroxylation sites is 2. The summed E-state index contributed by atoms with van der Waals surface area (Å²) in [4.78, 5) is 4.69. The van der Waals surface area contributed by atoms with Gasteiger partial charge in [-0.15, -0.1) is 0 Å². The lowest BCUT2D eigenvalue weighted by molar-refractivity contribution is 0.296. The average Bonchev–Trinajstić information content (AvgIpc) is 2.87. The molecule has 0 aliphatic rings. The van der Waals surface area contributed by atoms with Gasteiger partial charge in [-0.2, -0.15) is 0 Å². The molecule has 0 amide bonds. The number of hydrogen-bond acceptors (Lipinski definition) is 2. The van der Waals surface area contributed by atoms with Crippen LogP contribution in [-0.4, -0.2) is 16.2 Å². The second-order valence-corrected chi connectivity index (χ2v) is 5.64. The number of imidazole rings is 1. The molecule has 1 heterocycles. The Morgan fingerprint density at radius 1 is 1.09 bits per heavy atom. The number of fused-ring (bicyclic) bond motifs is 1. The topological polar surface area (TPSA) is 27.1 Å². The van der Waals surface area contributed by atoms with Crippen LogP contribution in [0.15, 0.2) is 42.5 Å². The first-order valence-electron chi connectivity index (χ1n) is 7.83. The predicted octanol–water partition coefficient (Wildman–Crippen LogP) is 4.29. The van der Waals surface area contributed by atoms with Crippen molar-refractivity contribution in [2.24, 2.45) is 0 Å². The largest absolute Gasteiger partial charge is 0.491 e. The number of nitrogens with zero attached hydrogens (tertiary/aromatic N) is 2. The van der Waals surface area contributed by atoms with E-state index in [9.17, 15) is 0 Å². The van der Waals surface area contributed by atoms with Crippen LogP contribution in [0, 0.1) is 13.8 Å². The molecule has 0 atom stereocenters. The fourth-order valence-electron chi connectivity index (χ4n) is 2.85. The second kappa shape index (κ2) is 6.22. The van der Waals surface area contributed by atoms with Crippen molar-refractivity contribution >= 4 is 11.0 Å². The molecule has 114 valence electrons. The quantitative estimate of drug-likeness (QED) is 0.701. The molecule has 0 aliphatic carbocycles. The van der Waals surface area contributed by atoms with Crippen LogP contribution in [0.5, 0.6) is 5.75 Å². The van der Waals surface area contributed by atoms with E-state index in [4.69, 9.17) is 9.72 Å². The van der Waals surface area contributed by atoms with Crippen molar-refractivity contribution < 1.29 is 4.74 Å². The maximum Gasteiger partial charge on any atom is 0.122 e. The van der Waals surface area contributed by atoms with E-state index in [0.717, 1.165) is 30.1 Å². The van der Waals surface area contributed by atoms with Gasteiger partial charge in [0.15, 0.2) is 0 Å². The second-order valence-electron chi connectivity index (χ2n) is 5.64. The van der Waals surface area contributed by atoms with E-state index in [1.54, 1.807) is 0 Å². The van der Waals surface area contributed by atoms with E-state index in [-0.39, 0.29) is 0 Å². The highest BCUT2D eigenvalue weighted by Gasteiger charge is 2.09. The molecule has 3 nitrogen and oxygen atoms in total. The first kappa shape index (κ1) is 14.6. The van der Waals surface area contributed by atoms with Crippen LogP contribution in [0.3, 0.4) is 0 Å². The maximum atomic E-state index is 5.96. The summed E-state index contributed by atoms with van der Waals surface area (Å²) >= 11 is 0. The Balaban J connectivity index is 1.76. The van der Waals surface area contributed by atoms with E-state index < -0.39 is 0 Å². The summed E-state index contributed by atoms with van der Waals surface area (Å²) in [6.45, 7) is 7.80. The van der Waals surface area contributed by atoms with Crippen molar-refractivity contribution in [1.82, 2.24) is 9.55 Å². The Morgan fingerprint density at radius 2 is 1.91 bits per heavy atom. The first-order chi connectivity index (χ1) is 10.7. The lowest BCUT2D eigenvalue weighted by Crippen LogP contribution is -2.11. The van der Waals surface area contributed by atoms with Gasteiger partial charge in [-0.3, -0.25) is 0 Å². The van der Waals surface area contributed by atoms with Gasteiger partial charge in [-0.25, -0.2) is 4.98 Å². The van der Waals surface area contributed by atoms with E-state index in [1.165, 1.54) is 16.6 Å². The normalized spacial score (nSPS) is 11.0. The zero-order valence-electron chi connectivity index (χ0n) is 13.5. The van der Waals surface area contributed by atoms with Crippen molar-refractivity contribution in [2.75, 3.05) is 6.61 Å². The fourth-order valence-corrected chi connectivity index (χ4v) is 2.85. The van der Waals surface area contributed by atoms with Crippen LogP contribution >= 0.6 is 0 Å².